The first-order chi connectivity index (χ1) is 7.39. The molecule has 2 aliphatic rings. The summed E-state index contributed by atoms with van der Waals surface area (Å²) in [5.41, 5.74) is 0.463. The molecule has 0 radical (unpaired) electrons. The van der Waals surface area contributed by atoms with Crippen LogP contribution < -0.4 is 0 Å². The van der Waals surface area contributed by atoms with E-state index in [2.05, 4.69) is 20.8 Å². The highest BCUT2D eigenvalue weighted by molar-refractivity contribution is 5.79. The first kappa shape index (κ1) is 12.1. The van der Waals surface area contributed by atoms with Crippen molar-refractivity contribution >= 4 is 5.78 Å². The molecule has 2 atom stereocenters. The van der Waals surface area contributed by atoms with Gasteiger partial charge in [0.1, 0.15) is 5.78 Å². The zero-order valence-corrected chi connectivity index (χ0v) is 10.8. The Morgan fingerprint density at radius 3 is 2.31 bits per heavy atom. The van der Waals surface area contributed by atoms with Crippen molar-refractivity contribution in [3.63, 3.8) is 0 Å². The van der Waals surface area contributed by atoms with Crippen molar-refractivity contribution < 1.29 is 9.90 Å². The van der Waals surface area contributed by atoms with E-state index >= 15 is 0 Å². The van der Waals surface area contributed by atoms with Crippen LogP contribution in [0.5, 0.6) is 0 Å². The Morgan fingerprint density at radius 2 is 1.75 bits per heavy atom. The van der Waals surface area contributed by atoms with Crippen LogP contribution in [0.4, 0.5) is 0 Å². The fourth-order valence-corrected chi connectivity index (χ4v) is 4.10. The van der Waals surface area contributed by atoms with Gasteiger partial charge in [-0.1, -0.05) is 20.8 Å². The molecule has 1 N–H and O–H groups in total. The zero-order chi connectivity index (χ0) is 12.0. The molecular weight excluding hydrogens is 200 g/mol. The molecule has 0 amide bonds. The Labute approximate surface area is 98.4 Å². The van der Waals surface area contributed by atoms with Crippen LogP contribution in [0.15, 0.2) is 0 Å². The topological polar surface area (TPSA) is 37.3 Å². The summed E-state index contributed by atoms with van der Waals surface area (Å²) in [5, 5.41) is 10.1. The van der Waals surface area contributed by atoms with E-state index in [4.69, 9.17) is 0 Å². The lowest BCUT2D eigenvalue weighted by atomic mass is 9.48. The Hall–Kier alpha value is -0.370. The van der Waals surface area contributed by atoms with Gasteiger partial charge in [0, 0.05) is 12.8 Å². The van der Waals surface area contributed by atoms with Crippen LogP contribution in [-0.4, -0.2) is 17.0 Å². The van der Waals surface area contributed by atoms with E-state index in [1.807, 2.05) is 0 Å². The Bertz CT molecular complexity index is 283. The second-order valence-corrected chi connectivity index (χ2v) is 6.47. The largest absolute Gasteiger partial charge is 0.393 e. The number of aliphatic hydroxyl groups is 1. The lowest BCUT2D eigenvalue weighted by Gasteiger charge is -2.57. The van der Waals surface area contributed by atoms with E-state index in [1.165, 1.54) is 0 Å². The number of carbonyl (C=O) groups is 1. The van der Waals surface area contributed by atoms with E-state index in [9.17, 15) is 9.90 Å². The summed E-state index contributed by atoms with van der Waals surface area (Å²) >= 11 is 0. The SMILES string of the molecule is C[C@@H]1[C@H](O)CCC(C)(C)C12CCC(=O)CC2. The number of hydrogen-bond donors (Lipinski definition) is 1. The van der Waals surface area contributed by atoms with Crippen LogP contribution in [-0.2, 0) is 4.79 Å². The molecule has 0 aromatic heterocycles. The van der Waals surface area contributed by atoms with Gasteiger partial charge in [0.25, 0.3) is 0 Å². The third-order valence-electron chi connectivity index (χ3n) is 5.56. The molecule has 2 heteroatoms. The molecule has 0 bridgehead atoms. The average molecular weight is 224 g/mol. The monoisotopic (exact) mass is 224 g/mol. The van der Waals surface area contributed by atoms with Crippen molar-refractivity contribution in [1.82, 2.24) is 0 Å². The molecule has 0 saturated heterocycles. The van der Waals surface area contributed by atoms with Gasteiger partial charge < -0.3 is 5.11 Å². The smallest absolute Gasteiger partial charge is 0.132 e. The molecular formula is C14H24O2. The maximum Gasteiger partial charge on any atom is 0.132 e. The molecule has 16 heavy (non-hydrogen) atoms. The van der Waals surface area contributed by atoms with Gasteiger partial charge in [0.05, 0.1) is 6.10 Å². The summed E-state index contributed by atoms with van der Waals surface area (Å²) < 4.78 is 0. The lowest BCUT2D eigenvalue weighted by molar-refractivity contribution is -0.141. The van der Waals surface area contributed by atoms with Crippen LogP contribution in [0.3, 0.4) is 0 Å². The second-order valence-electron chi connectivity index (χ2n) is 6.47. The number of rotatable bonds is 0. The highest BCUT2D eigenvalue weighted by atomic mass is 16.3. The fraction of sp³-hybridized carbons (Fsp3) is 0.929. The third-order valence-corrected chi connectivity index (χ3v) is 5.56. The summed E-state index contributed by atoms with van der Waals surface area (Å²) in [6, 6.07) is 0. The Balaban J connectivity index is 2.29. The van der Waals surface area contributed by atoms with Crippen molar-refractivity contribution in [2.24, 2.45) is 16.7 Å². The molecule has 2 rings (SSSR count). The quantitative estimate of drug-likeness (QED) is 0.687. The van der Waals surface area contributed by atoms with Crippen LogP contribution >= 0.6 is 0 Å². The maximum absolute atomic E-state index is 11.4. The van der Waals surface area contributed by atoms with Gasteiger partial charge in [-0.2, -0.15) is 0 Å². The van der Waals surface area contributed by atoms with E-state index in [0.717, 1.165) is 38.5 Å². The van der Waals surface area contributed by atoms with Crippen molar-refractivity contribution in [3.8, 4) is 0 Å². The van der Waals surface area contributed by atoms with Gasteiger partial charge in [-0.05, 0) is 42.4 Å². The molecule has 1 spiro atoms. The number of ketones is 1. The molecule has 0 aromatic carbocycles. The van der Waals surface area contributed by atoms with Crippen LogP contribution in [0.2, 0.25) is 0 Å². The van der Waals surface area contributed by atoms with Gasteiger partial charge >= 0.3 is 0 Å². The minimum Gasteiger partial charge on any atom is -0.393 e. The highest BCUT2D eigenvalue weighted by Crippen LogP contribution is 2.59. The number of aliphatic hydroxyl groups excluding tert-OH is 1. The Morgan fingerprint density at radius 1 is 1.19 bits per heavy atom. The predicted molar refractivity (Wildman–Crippen MR) is 64.1 cm³/mol. The number of carbonyl (C=O) groups excluding carboxylic acids is 1. The summed E-state index contributed by atoms with van der Waals surface area (Å²) in [4.78, 5) is 11.4. The van der Waals surface area contributed by atoms with Crippen molar-refractivity contribution in [3.05, 3.63) is 0 Å². The number of hydrogen-bond acceptors (Lipinski definition) is 2. The molecule has 2 nitrogen and oxygen atoms in total. The molecule has 2 fully saturated rings. The predicted octanol–water partition coefficient (Wildman–Crippen LogP) is 2.93. The van der Waals surface area contributed by atoms with Crippen molar-refractivity contribution in [2.45, 2.75) is 65.4 Å². The average Bonchev–Trinajstić information content (AvgIpc) is 2.24. The van der Waals surface area contributed by atoms with Crippen LogP contribution in [0.1, 0.15) is 59.3 Å². The van der Waals surface area contributed by atoms with E-state index in [-0.39, 0.29) is 16.9 Å². The highest BCUT2D eigenvalue weighted by Gasteiger charge is 2.54. The van der Waals surface area contributed by atoms with E-state index in [1.54, 1.807) is 0 Å². The maximum atomic E-state index is 11.4. The molecule has 0 aromatic rings. The summed E-state index contributed by atoms with van der Waals surface area (Å²) in [6.45, 7) is 6.83. The van der Waals surface area contributed by atoms with E-state index < -0.39 is 0 Å². The fourth-order valence-electron chi connectivity index (χ4n) is 4.10. The van der Waals surface area contributed by atoms with Gasteiger partial charge in [0.15, 0.2) is 0 Å². The first-order valence-electron chi connectivity index (χ1n) is 6.59. The van der Waals surface area contributed by atoms with Crippen molar-refractivity contribution in [2.75, 3.05) is 0 Å². The summed E-state index contributed by atoms with van der Waals surface area (Å²) in [7, 11) is 0. The standard InChI is InChI=1S/C14H24O2/c1-10-12(16)6-7-13(2,3)14(10)8-4-11(15)5-9-14/h10,12,16H,4-9H2,1-3H3/t10-,12-/m1/s1. The van der Waals surface area contributed by atoms with Gasteiger partial charge in [-0.25, -0.2) is 0 Å². The van der Waals surface area contributed by atoms with Gasteiger partial charge in [0.2, 0.25) is 0 Å². The minimum absolute atomic E-state index is 0.166. The zero-order valence-electron chi connectivity index (χ0n) is 10.8. The third kappa shape index (κ3) is 1.62. The van der Waals surface area contributed by atoms with E-state index in [0.29, 0.717) is 11.7 Å². The van der Waals surface area contributed by atoms with Crippen molar-refractivity contribution in [1.29, 1.82) is 0 Å². The number of Topliss-reactive ketones (excluding diaryl/α,β-unsaturated/α-hetero) is 1. The van der Waals surface area contributed by atoms with Gasteiger partial charge in [-0.3, -0.25) is 4.79 Å². The second kappa shape index (κ2) is 3.83. The molecule has 2 aliphatic carbocycles. The first-order valence-corrected chi connectivity index (χ1v) is 6.59. The summed E-state index contributed by atoms with van der Waals surface area (Å²) in [5.74, 6) is 0.748. The normalized spacial score (nSPS) is 37.6. The minimum atomic E-state index is -0.166. The lowest BCUT2D eigenvalue weighted by Crippen LogP contribution is -2.53. The molecule has 0 heterocycles. The van der Waals surface area contributed by atoms with Gasteiger partial charge in [-0.15, -0.1) is 0 Å². The summed E-state index contributed by atoms with van der Waals surface area (Å²) in [6.07, 6.45) is 5.26. The Kier molecular flexibility index (Phi) is 2.90. The molecule has 0 aliphatic heterocycles. The molecule has 92 valence electrons. The molecule has 0 unspecified atom stereocenters. The molecule has 2 saturated carbocycles. The van der Waals surface area contributed by atoms with Crippen LogP contribution in [0, 0.1) is 16.7 Å². The van der Waals surface area contributed by atoms with Crippen LogP contribution in [0.25, 0.3) is 0 Å².